The molecule has 0 aliphatic carbocycles. The zero-order valence-electron chi connectivity index (χ0n) is 13.9. The van der Waals surface area contributed by atoms with Crippen LogP contribution in [0.2, 0.25) is 0 Å². The van der Waals surface area contributed by atoms with Crippen LogP contribution in [0.3, 0.4) is 0 Å². The Morgan fingerprint density at radius 3 is 1.95 bits per heavy atom. The largest absolute Gasteiger partial charge is 0.0885 e. The highest BCUT2D eigenvalue weighted by Gasteiger charge is 2.00. The van der Waals surface area contributed by atoms with Crippen LogP contribution in [0.25, 0.3) is 0 Å². The minimum Gasteiger partial charge on any atom is -0.0885 e. The third kappa shape index (κ3) is 15.7. The van der Waals surface area contributed by atoms with Gasteiger partial charge in [-0.05, 0) is 31.6 Å². The van der Waals surface area contributed by atoms with Gasteiger partial charge >= 0.3 is 0 Å². The fourth-order valence-corrected chi connectivity index (χ4v) is 2.55. The van der Waals surface area contributed by atoms with E-state index in [9.17, 15) is 0 Å². The molecule has 1 atom stereocenters. The lowest BCUT2D eigenvalue weighted by atomic mass is 9.97. The summed E-state index contributed by atoms with van der Waals surface area (Å²) >= 11 is 0. The SMILES string of the molecule is CCCCC/C=C\CCC(C)CCCCCCCC. The quantitative estimate of drug-likeness (QED) is 0.229. The second-order valence-electron chi connectivity index (χ2n) is 6.21. The molecule has 0 nitrogen and oxygen atoms in total. The van der Waals surface area contributed by atoms with Crippen molar-refractivity contribution in [2.45, 2.75) is 104 Å². The van der Waals surface area contributed by atoms with Crippen LogP contribution in [-0.4, -0.2) is 0 Å². The Labute approximate surface area is 123 Å². The van der Waals surface area contributed by atoms with Crippen molar-refractivity contribution < 1.29 is 0 Å². The monoisotopic (exact) mass is 266 g/mol. The predicted octanol–water partition coefficient (Wildman–Crippen LogP) is 7.29. The van der Waals surface area contributed by atoms with E-state index in [1.165, 1.54) is 83.5 Å². The Hall–Kier alpha value is -0.260. The fourth-order valence-electron chi connectivity index (χ4n) is 2.55. The molecule has 0 aromatic heterocycles. The van der Waals surface area contributed by atoms with Crippen LogP contribution in [0.1, 0.15) is 104 Å². The van der Waals surface area contributed by atoms with Crippen molar-refractivity contribution in [1.29, 1.82) is 0 Å². The summed E-state index contributed by atoms with van der Waals surface area (Å²) in [7, 11) is 0. The van der Waals surface area contributed by atoms with Crippen LogP contribution in [0.4, 0.5) is 0 Å². The van der Waals surface area contributed by atoms with Gasteiger partial charge in [-0.2, -0.15) is 0 Å². The van der Waals surface area contributed by atoms with Crippen LogP contribution in [0.15, 0.2) is 12.2 Å². The summed E-state index contributed by atoms with van der Waals surface area (Å²) in [6.45, 7) is 6.99. The van der Waals surface area contributed by atoms with Gasteiger partial charge in [0.25, 0.3) is 0 Å². The van der Waals surface area contributed by atoms with Gasteiger partial charge in [0.1, 0.15) is 0 Å². The normalized spacial score (nSPS) is 13.2. The summed E-state index contributed by atoms with van der Waals surface area (Å²) in [5.41, 5.74) is 0. The fraction of sp³-hybridized carbons (Fsp3) is 0.895. The molecule has 0 fully saturated rings. The number of rotatable bonds is 14. The van der Waals surface area contributed by atoms with Crippen molar-refractivity contribution in [3.05, 3.63) is 12.2 Å². The molecular weight excluding hydrogens is 228 g/mol. The molecule has 0 saturated carbocycles. The van der Waals surface area contributed by atoms with Crippen molar-refractivity contribution in [2.75, 3.05) is 0 Å². The first-order valence-electron chi connectivity index (χ1n) is 8.96. The third-order valence-corrected chi connectivity index (χ3v) is 4.02. The molecule has 0 bridgehead atoms. The summed E-state index contributed by atoms with van der Waals surface area (Å²) in [6, 6.07) is 0. The average molecular weight is 267 g/mol. The number of hydrogen-bond donors (Lipinski definition) is 0. The highest BCUT2D eigenvalue weighted by molar-refractivity contribution is 4.81. The number of unbranched alkanes of at least 4 members (excludes halogenated alkanes) is 8. The van der Waals surface area contributed by atoms with Crippen LogP contribution < -0.4 is 0 Å². The molecule has 0 aliphatic heterocycles. The molecule has 114 valence electrons. The van der Waals surface area contributed by atoms with E-state index in [-0.39, 0.29) is 0 Å². The lowest BCUT2D eigenvalue weighted by molar-refractivity contribution is 0.459. The molecule has 0 aromatic rings. The van der Waals surface area contributed by atoms with Crippen LogP contribution in [0.5, 0.6) is 0 Å². The maximum Gasteiger partial charge on any atom is -0.0348 e. The van der Waals surface area contributed by atoms with Gasteiger partial charge in [-0.1, -0.05) is 90.7 Å². The van der Waals surface area contributed by atoms with Crippen molar-refractivity contribution in [1.82, 2.24) is 0 Å². The maximum absolute atomic E-state index is 2.43. The number of hydrogen-bond acceptors (Lipinski definition) is 0. The molecule has 0 heteroatoms. The molecule has 0 heterocycles. The molecular formula is C19H38. The van der Waals surface area contributed by atoms with E-state index in [4.69, 9.17) is 0 Å². The Morgan fingerprint density at radius 2 is 1.21 bits per heavy atom. The summed E-state index contributed by atoms with van der Waals surface area (Å²) < 4.78 is 0. The Kier molecular flexibility index (Phi) is 15.6. The zero-order valence-corrected chi connectivity index (χ0v) is 13.9. The van der Waals surface area contributed by atoms with Crippen molar-refractivity contribution in [2.24, 2.45) is 5.92 Å². The Bertz CT molecular complexity index is 180. The maximum atomic E-state index is 2.43. The van der Waals surface area contributed by atoms with Gasteiger partial charge in [0.05, 0.1) is 0 Å². The van der Waals surface area contributed by atoms with Crippen molar-refractivity contribution in [3.8, 4) is 0 Å². The third-order valence-electron chi connectivity index (χ3n) is 4.02. The summed E-state index contributed by atoms with van der Waals surface area (Å²) in [5.74, 6) is 0.923. The molecule has 0 aromatic carbocycles. The second kappa shape index (κ2) is 15.8. The molecule has 0 saturated heterocycles. The van der Waals surface area contributed by atoms with Crippen LogP contribution >= 0.6 is 0 Å². The topological polar surface area (TPSA) is 0 Å². The lowest BCUT2D eigenvalue weighted by Crippen LogP contribution is -1.94. The smallest absolute Gasteiger partial charge is 0.0348 e. The minimum absolute atomic E-state index is 0.923. The van der Waals surface area contributed by atoms with Gasteiger partial charge < -0.3 is 0 Å². The predicted molar refractivity (Wildman–Crippen MR) is 89.7 cm³/mol. The van der Waals surface area contributed by atoms with E-state index >= 15 is 0 Å². The highest BCUT2D eigenvalue weighted by atomic mass is 14.1. The molecule has 0 spiro atoms. The standard InChI is InChI=1S/C19H38/c1-4-6-8-10-12-14-16-18-19(3)17-15-13-11-9-7-5-2/h12,14,19H,4-11,13,15-18H2,1-3H3/b14-12-. The van der Waals surface area contributed by atoms with Crippen LogP contribution in [0, 0.1) is 5.92 Å². The second-order valence-corrected chi connectivity index (χ2v) is 6.21. The van der Waals surface area contributed by atoms with Crippen LogP contribution in [-0.2, 0) is 0 Å². The molecule has 0 N–H and O–H groups in total. The molecule has 1 unspecified atom stereocenters. The van der Waals surface area contributed by atoms with Gasteiger partial charge in [-0.25, -0.2) is 0 Å². The molecule has 0 aliphatic rings. The van der Waals surface area contributed by atoms with E-state index in [1.54, 1.807) is 0 Å². The zero-order chi connectivity index (χ0) is 14.2. The number of allylic oxidation sites excluding steroid dienone is 2. The van der Waals surface area contributed by atoms with Gasteiger partial charge in [-0.15, -0.1) is 0 Å². The summed E-state index contributed by atoms with van der Waals surface area (Å²) in [5, 5.41) is 0. The summed E-state index contributed by atoms with van der Waals surface area (Å²) in [4.78, 5) is 0. The van der Waals surface area contributed by atoms with Crippen molar-refractivity contribution in [3.63, 3.8) is 0 Å². The van der Waals surface area contributed by atoms with E-state index in [2.05, 4.69) is 32.9 Å². The van der Waals surface area contributed by atoms with E-state index < -0.39 is 0 Å². The first-order valence-corrected chi connectivity index (χ1v) is 8.96. The van der Waals surface area contributed by atoms with Gasteiger partial charge in [0.2, 0.25) is 0 Å². The molecule has 19 heavy (non-hydrogen) atoms. The molecule has 0 rings (SSSR count). The van der Waals surface area contributed by atoms with Gasteiger partial charge in [-0.3, -0.25) is 0 Å². The van der Waals surface area contributed by atoms with Gasteiger partial charge in [0.15, 0.2) is 0 Å². The van der Waals surface area contributed by atoms with E-state index in [1.807, 2.05) is 0 Å². The van der Waals surface area contributed by atoms with E-state index in [0.717, 1.165) is 5.92 Å². The molecule has 0 radical (unpaired) electrons. The van der Waals surface area contributed by atoms with Gasteiger partial charge in [0, 0.05) is 0 Å². The molecule has 0 amide bonds. The van der Waals surface area contributed by atoms with E-state index in [0.29, 0.717) is 0 Å². The average Bonchev–Trinajstić information content (AvgIpc) is 2.41. The highest BCUT2D eigenvalue weighted by Crippen LogP contribution is 2.16. The summed E-state index contributed by atoms with van der Waals surface area (Å²) in [6.07, 6.45) is 22.9. The van der Waals surface area contributed by atoms with Crippen molar-refractivity contribution >= 4 is 0 Å². The Morgan fingerprint density at radius 1 is 0.632 bits per heavy atom. The lowest BCUT2D eigenvalue weighted by Gasteiger charge is -2.09. The first-order chi connectivity index (χ1) is 9.31. The first kappa shape index (κ1) is 18.7. The Balaban J connectivity index is 3.22. The minimum atomic E-state index is 0.923.